The van der Waals surface area contributed by atoms with Crippen molar-refractivity contribution in [2.45, 2.75) is 5.16 Å². The van der Waals surface area contributed by atoms with Crippen LogP contribution in [0.2, 0.25) is 5.15 Å². The molecule has 3 aromatic heterocycles. The summed E-state index contributed by atoms with van der Waals surface area (Å²) >= 11 is 8.82. The molecule has 0 aliphatic carbocycles. The first kappa shape index (κ1) is 11.0. The summed E-state index contributed by atoms with van der Waals surface area (Å²) in [6.07, 6.45) is 3.47. The summed E-state index contributed by atoms with van der Waals surface area (Å²) in [5, 5.41) is 12.4. The van der Waals surface area contributed by atoms with Crippen LogP contribution in [0.5, 0.6) is 5.88 Å². The second kappa shape index (κ2) is 3.97. The van der Waals surface area contributed by atoms with Crippen LogP contribution >= 0.6 is 34.7 Å². The maximum Gasteiger partial charge on any atom is 0.224 e. The van der Waals surface area contributed by atoms with Crippen molar-refractivity contribution < 1.29 is 5.11 Å². The fraction of sp³-hybridized carbons (Fsp3) is 0.100. The molecule has 3 aromatic rings. The van der Waals surface area contributed by atoms with Gasteiger partial charge in [0, 0.05) is 11.6 Å². The van der Waals surface area contributed by atoms with Crippen LogP contribution in [0.4, 0.5) is 0 Å². The molecule has 86 valence electrons. The summed E-state index contributed by atoms with van der Waals surface area (Å²) in [6.45, 7) is 0. The Bertz CT molecular complexity index is 728. The summed E-state index contributed by atoms with van der Waals surface area (Å²) in [7, 11) is 0. The highest BCUT2D eigenvalue weighted by Gasteiger charge is 2.15. The third kappa shape index (κ3) is 1.64. The highest BCUT2D eigenvalue weighted by molar-refractivity contribution is 7.98. The van der Waals surface area contributed by atoms with Gasteiger partial charge in [0.05, 0.1) is 10.1 Å². The first-order chi connectivity index (χ1) is 8.20. The monoisotopic (exact) mass is 283 g/mol. The van der Waals surface area contributed by atoms with Crippen molar-refractivity contribution in [3.8, 4) is 5.88 Å². The lowest BCUT2D eigenvalue weighted by molar-refractivity contribution is 0.454. The van der Waals surface area contributed by atoms with Gasteiger partial charge in [-0.05, 0) is 12.3 Å². The van der Waals surface area contributed by atoms with E-state index >= 15 is 0 Å². The molecular formula is C10H6ClN3OS2. The quantitative estimate of drug-likeness (QED) is 0.422. The number of pyridine rings is 1. The molecule has 7 heteroatoms. The van der Waals surface area contributed by atoms with Gasteiger partial charge in [-0.3, -0.25) is 0 Å². The molecule has 0 aliphatic heterocycles. The van der Waals surface area contributed by atoms with Gasteiger partial charge in [-0.2, -0.15) is 4.98 Å². The first-order valence-corrected chi connectivity index (χ1v) is 7.10. The maximum atomic E-state index is 9.94. The lowest BCUT2D eigenvalue weighted by Crippen LogP contribution is -1.85. The van der Waals surface area contributed by atoms with Crippen LogP contribution in [0.15, 0.2) is 17.4 Å². The molecule has 0 radical (unpaired) electrons. The minimum Gasteiger partial charge on any atom is -0.493 e. The largest absolute Gasteiger partial charge is 0.493 e. The summed E-state index contributed by atoms with van der Waals surface area (Å²) < 4.78 is 0.826. The van der Waals surface area contributed by atoms with Crippen LogP contribution in [0.1, 0.15) is 0 Å². The fourth-order valence-electron chi connectivity index (χ4n) is 1.62. The predicted molar refractivity (Wildman–Crippen MR) is 71.2 cm³/mol. The van der Waals surface area contributed by atoms with Crippen LogP contribution in [0.3, 0.4) is 0 Å². The van der Waals surface area contributed by atoms with E-state index in [4.69, 9.17) is 11.6 Å². The Morgan fingerprint density at radius 2 is 2.24 bits per heavy atom. The highest BCUT2D eigenvalue weighted by Crippen LogP contribution is 2.39. The lowest BCUT2D eigenvalue weighted by atomic mass is 10.2. The van der Waals surface area contributed by atoms with Crippen LogP contribution in [0.25, 0.3) is 20.3 Å². The summed E-state index contributed by atoms with van der Waals surface area (Å²) in [4.78, 5) is 13.1. The Kier molecular flexibility index (Phi) is 2.57. The zero-order valence-electron chi connectivity index (χ0n) is 8.64. The molecule has 0 aliphatic rings. The molecule has 0 atom stereocenters. The van der Waals surface area contributed by atoms with Gasteiger partial charge < -0.3 is 5.11 Å². The van der Waals surface area contributed by atoms with Gasteiger partial charge in [0.1, 0.15) is 9.98 Å². The number of nitrogens with zero attached hydrogens (tertiary/aromatic N) is 3. The van der Waals surface area contributed by atoms with Crippen LogP contribution in [-0.4, -0.2) is 26.3 Å². The van der Waals surface area contributed by atoms with Gasteiger partial charge in [-0.15, -0.1) is 11.3 Å². The van der Waals surface area contributed by atoms with Crippen molar-refractivity contribution in [1.29, 1.82) is 0 Å². The van der Waals surface area contributed by atoms with Gasteiger partial charge in [0.25, 0.3) is 0 Å². The summed E-state index contributed by atoms with van der Waals surface area (Å²) in [5.41, 5.74) is 0. The topological polar surface area (TPSA) is 58.9 Å². The number of hydrogen-bond acceptors (Lipinski definition) is 6. The molecule has 0 fully saturated rings. The second-order valence-corrected chi connectivity index (χ2v) is 5.43. The number of thiophene rings is 1. The predicted octanol–water partition coefficient (Wildman–Crippen LogP) is 3.32. The molecule has 0 aromatic carbocycles. The number of halogens is 1. The lowest BCUT2D eigenvalue weighted by Gasteiger charge is -1.97. The zero-order chi connectivity index (χ0) is 12.0. The molecule has 4 nitrogen and oxygen atoms in total. The smallest absolute Gasteiger partial charge is 0.224 e. The van der Waals surface area contributed by atoms with Crippen LogP contribution in [0, 0.1) is 0 Å². The van der Waals surface area contributed by atoms with Gasteiger partial charge in [-0.1, -0.05) is 23.4 Å². The van der Waals surface area contributed by atoms with E-state index in [1.807, 2.05) is 12.3 Å². The molecule has 3 heterocycles. The van der Waals surface area contributed by atoms with Crippen molar-refractivity contribution in [2.24, 2.45) is 0 Å². The summed E-state index contributed by atoms with van der Waals surface area (Å²) in [6, 6.07) is 1.81. The van der Waals surface area contributed by atoms with Crippen LogP contribution < -0.4 is 0 Å². The van der Waals surface area contributed by atoms with Crippen molar-refractivity contribution >= 4 is 55.0 Å². The molecule has 0 saturated heterocycles. The van der Waals surface area contributed by atoms with E-state index in [2.05, 4.69) is 15.0 Å². The highest BCUT2D eigenvalue weighted by atomic mass is 35.5. The molecule has 17 heavy (non-hydrogen) atoms. The number of hydrogen-bond donors (Lipinski definition) is 1. The standard InChI is InChI=1S/C10H6ClN3OS2/c1-16-10-13-8(15)5-4-2-3-12-7(11)6(4)17-9(5)14-10/h2-3H,1H3,(H,13,14,15). The van der Waals surface area contributed by atoms with Crippen molar-refractivity contribution in [3.05, 3.63) is 17.4 Å². The van der Waals surface area contributed by atoms with Gasteiger partial charge in [0.2, 0.25) is 5.88 Å². The Morgan fingerprint density at radius 1 is 1.41 bits per heavy atom. The van der Waals surface area contributed by atoms with Crippen molar-refractivity contribution in [1.82, 2.24) is 15.0 Å². The maximum absolute atomic E-state index is 9.94. The fourth-order valence-corrected chi connectivity index (χ4v) is 3.36. The van der Waals surface area contributed by atoms with E-state index in [-0.39, 0.29) is 5.88 Å². The normalized spacial score (nSPS) is 11.4. The minimum absolute atomic E-state index is 0.00660. The van der Waals surface area contributed by atoms with Crippen LogP contribution in [-0.2, 0) is 0 Å². The van der Waals surface area contributed by atoms with Gasteiger partial charge in [0.15, 0.2) is 5.16 Å². The van der Waals surface area contributed by atoms with Gasteiger partial charge >= 0.3 is 0 Å². The molecule has 0 unspecified atom stereocenters. The van der Waals surface area contributed by atoms with E-state index in [9.17, 15) is 5.11 Å². The molecule has 0 amide bonds. The Balaban J connectivity index is 2.51. The molecular weight excluding hydrogens is 278 g/mol. The minimum atomic E-state index is -0.00660. The van der Waals surface area contributed by atoms with E-state index in [1.165, 1.54) is 23.1 Å². The average molecular weight is 284 g/mol. The van der Waals surface area contributed by atoms with E-state index in [0.717, 1.165) is 14.9 Å². The SMILES string of the molecule is CSc1nc(O)c2c(n1)sc1c(Cl)nccc12. The molecule has 0 spiro atoms. The third-order valence-electron chi connectivity index (χ3n) is 2.35. The second-order valence-electron chi connectivity index (χ2n) is 3.29. The number of rotatable bonds is 1. The van der Waals surface area contributed by atoms with E-state index in [0.29, 0.717) is 15.7 Å². The Morgan fingerprint density at radius 3 is 3.00 bits per heavy atom. The third-order valence-corrected chi connectivity index (χ3v) is 4.40. The van der Waals surface area contributed by atoms with Gasteiger partial charge in [-0.25, -0.2) is 9.97 Å². The molecule has 0 saturated carbocycles. The first-order valence-electron chi connectivity index (χ1n) is 4.68. The molecule has 0 bridgehead atoms. The summed E-state index contributed by atoms with van der Waals surface area (Å²) in [5.74, 6) is -0.00660. The number of aromatic hydroxyl groups is 1. The van der Waals surface area contributed by atoms with Crippen molar-refractivity contribution in [3.63, 3.8) is 0 Å². The Hall–Kier alpha value is -1.11. The molecule has 3 rings (SSSR count). The number of aromatic nitrogens is 3. The Labute approximate surface area is 110 Å². The molecule has 1 N–H and O–H groups in total. The number of fused-ring (bicyclic) bond motifs is 3. The zero-order valence-corrected chi connectivity index (χ0v) is 11.0. The van der Waals surface area contributed by atoms with E-state index < -0.39 is 0 Å². The van der Waals surface area contributed by atoms with E-state index in [1.54, 1.807) is 6.20 Å². The number of thioether (sulfide) groups is 1. The average Bonchev–Trinajstić information content (AvgIpc) is 2.69. The van der Waals surface area contributed by atoms with Crippen molar-refractivity contribution in [2.75, 3.05) is 6.26 Å².